The van der Waals surface area contributed by atoms with Gasteiger partial charge in [0.2, 0.25) is 0 Å². The highest BCUT2D eigenvalue weighted by Crippen LogP contribution is 2.21. The molecule has 80 valence electrons. The first-order valence-corrected chi connectivity index (χ1v) is 5.01. The molecule has 0 amide bonds. The van der Waals surface area contributed by atoms with E-state index in [4.69, 9.17) is 0 Å². The first kappa shape index (κ1) is 12.9. The molecule has 0 saturated carbocycles. The molecular weight excluding hydrogens is 166 g/mol. The third kappa shape index (κ3) is 5.24. The van der Waals surface area contributed by atoms with E-state index in [2.05, 4.69) is 5.32 Å². The molecule has 0 aliphatic carbocycles. The minimum atomic E-state index is -0.769. The third-order valence-corrected chi connectivity index (χ3v) is 2.52. The molecule has 2 atom stereocenters. The Bertz CT molecular complexity index is 135. The van der Waals surface area contributed by atoms with Gasteiger partial charge in [-0.15, -0.1) is 0 Å². The van der Waals surface area contributed by atoms with E-state index in [1.807, 2.05) is 20.8 Å². The summed E-state index contributed by atoms with van der Waals surface area (Å²) >= 11 is 0. The van der Waals surface area contributed by atoms with Gasteiger partial charge < -0.3 is 15.5 Å². The first-order valence-electron chi connectivity index (χ1n) is 5.01. The molecule has 0 fully saturated rings. The Morgan fingerprint density at radius 2 is 1.92 bits per heavy atom. The van der Waals surface area contributed by atoms with Crippen LogP contribution in [0.2, 0.25) is 0 Å². The summed E-state index contributed by atoms with van der Waals surface area (Å²) in [6, 6.07) is 0. The van der Waals surface area contributed by atoms with Gasteiger partial charge in [0.05, 0.1) is 11.7 Å². The second-order valence-corrected chi connectivity index (χ2v) is 4.18. The van der Waals surface area contributed by atoms with Gasteiger partial charge in [-0.1, -0.05) is 20.8 Å². The molecule has 0 aliphatic rings. The van der Waals surface area contributed by atoms with Crippen LogP contribution >= 0.6 is 0 Å². The summed E-state index contributed by atoms with van der Waals surface area (Å²) in [5, 5.41) is 22.5. The quantitative estimate of drug-likeness (QED) is 0.578. The molecule has 3 nitrogen and oxygen atoms in total. The maximum atomic E-state index is 9.87. The molecule has 0 spiro atoms. The van der Waals surface area contributed by atoms with Crippen molar-refractivity contribution < 1.29 is 10.2 Å². The molecule has 3 heteroatoms. The lowest BCUT2D eigenvalue weighted by atomic mass is 9.87. The van der Waals surface area contributed by atoms with Crippen molar-refractivity contribution in [3.63, 3.8) is 0 Å². The summed E-state index contributed by atoms with van der Waals surface area (Å²) in [5.41, 5.74) is -0.769. The van der Waals surface area contributed by atoms with Gasteiger partial charge in [-0.05, 0) is 19.4 Å². The summed E-state index contributed by atoms with van der Waals surface area (Å²) in [4.78, 5) is 0. The highest BCUT2D eigenvalue weighted by molar-refractivity contribution is 4.80. The molecule has 0 bridgehead atoms. The average molecular weight is 189 g/mol. The number of aliphatic hydroxyl groups excluding tert-OH is 1. The topological polar surface area (TPSA) is 52.5 Å². The molecular formula is C10H23NO2. The molecule has 0 heterocycles. The normalized spacial score (nSPS) is 18.7. The number of hydrogen-bond acceptors (Lipinski definition) is 3. The molecule has 13 heavy (non-hydrogen) atoms. The summed E-state index contributed by atoms with van der Waals surface area (Å²) in [6.45, 7) is 9.08. The van der Waals surface area contributed by atoms with Gasteiger partial charge in [0.1, 0.15) is 0 Å². The molecule has 3 N–H and O–H groups in total. The fraction of sp³-hybridized carbons (Fsp3) is 1.00. The van der Waals surface area contributed by atoms with Crippen LogP contribution < -0.4 is 5.32 Å². The van der Waals surface area contributed by atoms with E-state index < -0.39 is 11.7 Å². The van der Waals surface area contributed by atoms with Crippen molar-refractivity contribution in [2.45, 2.75) is 45.8 Å². The Hall–Kier alpha value is -0.120. The second-order valence-electron chi connectivity index (χ2n) is 4.18. The SMILES string of the molecule is CCNC[C@H](O)C[C@@](C)(O)C(C)C. The highest BCUT2D eigenvalue weighted by atomic mass is 16.3. The van der Waals surface area contributed by atoms with Crippen LogP contribution in [0.1, 0.15) is 34.1 Å². The van der Waals surface area contributed by atoms with Crippen LogP contribution in [0.3, 0.4) is 0 Å². The number of aliphatic hydroxyl groups is 2. The fourth-order valence-corrected chi connectivity index (χ4v) is 1.10. The Balaban J connectivity index is 3.82. The molecule has 0 aromatic heterocycles. The van der Waals surface area contributed by atoms with Gasteiger partial charge in [-0.25, -0.2) is 0 Å². The Morgan fingerprint density at radius 3 is 2.31 bits per heavy atom. The van der Waals surface area contributed by atoms with Crippen LogP contribution in [0.15, 0.2) is 0 Å². The second kappa shape index (κ2) is 5.58. The lowest BCUT2D eigenvalue weighted by Gasteiger charge is -2.30. The van der Waals surface area contributed by atoms with Crippen LogP contribution in [-0.2, 0) is 0 Å². The molecule has 0 radical (unpaired) electrons. The van der Waals surface area contributed by atoms with E-state index in [-0.39, 0.29) is 5.92 Å². The average Bonchev–Trinajstić information content (AvgIpc) is 1.99. The minimum absolute atomic E-state index is 0.170. The maximum Gasteiger partial charge on any atom is 0.0691 e. The number of rotatable bonds is 6. The van der Waals surface area contributed by atoms with Crippen molar-refractivity contribution in [2.24, 2.45) is 5.92 Å². The van der Waals surface area contributed by atoms with Gasteiger partial charge in [0.25, 0.3) is 0 Å². The van der Waals surface area contributed by atoms with E-state index in [1.54, 1.807) is 6.92 Å². The Morgan fingerprint density at radius 1 is 1.38 bits per heavy atom. The van der Waals surface area contributed by atoms with Crippen molar-refractivity contribution in [2.75, 3.05) is 13.1 Å². The van der Waals surface area contributed by atoms with Crippen molar-refractivity contribution in [3.8, 4) is 0 Å². The van der Waals surface area contributed by atoms with Crippen molar-refractivity contribution in [1.29, 1.82) is 0 Å². The van der Waals surface area contributed by atoms with E-state index in [1.165, 1.54) is 0 Å². The number of nitrogens with one attached hydrogen (secondary N) is 1. The van der Waals surface area contributed by atoms with Gasteiger partial charge in [-0.2, -0.15) is 0 Å². The number of likely N-dealkylation sites (N-methyl/N-ethyl adjacent to an activating group) is 1. The maximum absolute atomic E-state index is 9.87. The van der Waals surface area contributed by atoms with Crippen molar-refractivity contribution in [1.82, 2.24) is 5.32 Å². The molecule has 0 aromatic carbocycles. The van der Waals surface area contributed by atoms with E-state index in [9.17, 15) is 10.2 Å². The fourth-order valence-electron chi connectivity index (χ4n) is 1.10. The largest absolute Gasteiger partial charge is 0.392 e. The minimum Gasteiger partial charge on any atom is -0.392 e. The Kier molecular flexibility index (Phi) is 5.53. The Labute approximate surface area is 81.2 Å². The highest BCUT2D eigenvalue weighted by Gasteiger charge is 2.27. The van der Waals surface area contributed by atoms with Gasteiger partial charge in [0, 0.05) is 13.0 Å². The van der Waals surface area contributed by atoms with Gasteiger partial charge in [-0.3, -0.25) is 0 Å². The number of hydrogen-bond donors (Lipinski definition) is 3. The van der Waals surface area contributed by atoms with Crippen LogP contribution in [0.25, 0.3) is 0 Å². The van der Waals surface area contributed by atoms with E-state index in [0.717, 1.165) is 6.54 Å². The van der Waals surface area contributed by atoms with E-state index >= 15 is 0 Å². The molecule has 0 aromatic rings. The van der Waals surface area contributed by atoms with Crippen molar-refractivity contribution in [3.05, 3.63) is 0 Å². The zero-order valence-electron chi connectivity index (χ0n) is 9.17. The van der Waals surface area contributed by atoms with Gasteiger partial charge in [0.15, 0.2) is 0 Å². The summed E-state index contributed by atoms with van der Waals surface area (Å²) in [6.07, 6.45) is -0.0325. The smallest absolute Gasteiger partial charge is 0.0691 e. The van der Waals surface area contributed by atoms with Crippen molar-refractivity contribution >= 4 is 0 Å². The lowest BCUT2D eigenvalue weighted by molar-refractivity contribution is -0.0302. The van der Waals surface area contributed by atoms with Crippen LogP contribution in [0.5, 0.6) is 0 Å². The predicted octanol–water partition coefficient (Wildman–Crippen LogP) is 0.754. The summed E-state index contributed by atoms with van der Waals surface area (Å²) < 4.78 is 0. The zero-order chi connectivity index (χ0) is 10.5. The summed E-state index contributed by atoms with van der Waals surface area (Å²) in [7, 11) is 0. The first-order chi connectivity index (χ1) is 5.90. The molecule has 0 rings (SSSR count). The van der Waals surface area contributed by atoms with Gasteiger partial charge >= 0.3 is 0 Å². The summed E-state index contributed by atoms with van der Waals surface area (Å²) in [5.74, 6) is 0.170. The standard InChI is InChI=1S/C10H23NO2/c1-5-11-7-9(12)6-10(4,13)8(2)3/h8-9,11-13H,5-7H2,1-4H3/t9-,10-/m1/s1. The predicted molar refractivity (Wildman–Crippen MR) is 54.6 cm³/mol. The zero-order valence-corrected chi connectivity index (χ0v) is 9.17. The monoisotopic (exact) mass is 189 g/mol. The van der Waals surface area contributed by atoms with Crippen LogP contribution in [-0.4, -0.2) is 35.0 Å². The third-order valence-electron chi connectivity index (χ3n) is 2.52. The lowest BCUT2D eigenvalue weighted by Crippen LogP contribution is -2.39. The molecule has 0 unspecified atom stereocenters. The van der Waals surface area contributed by atoms with E-state index in [0.29, 0.717) is 13.0 Å². The molecule has 0 saturated heterocycles. The molecule has 0 aliphatic heterocycles. The van der Waals surface area contributed by atoms with Crippen LogP contribution in [0.4, 0.5) is 0 Å². The van der Waals surface area contributed by atoms with Crippen LogP contribution in [0, 0.1) is 5.92 Å².